The molecule has 6 nitrogen and oxygen atoms in total. The Labute approximate surface area is 171 Å². The molecule has 0 amide bonds. The summed E-state index contributed by atoms with van der Waals surface area (Å²) in [4.78, 5) is 4.23. The molecule has 4 aromatic rings. The van der Waals surface area contributed by atoms with E-state index in [-0.39, 0.29) is 45.1 Å². The Balaban J connectivity index is 1.70. The van der Waals surface area contributed by atoms with Gasteiger partial charge >= 0.3 is 6.36 Å². The molecule has 0 aliphatic heterocycles. The van der Waals surface area contributed by atoms with Crippen molar-refractivity contribution in [2.24, 2.45) is 0 Å². The van der Waals surface area contributed by atoms with Gasteiger partial charge in [-0.3, -0.25) is 0 Å². The van der Waals surface area contributed by atoms with E-state index in [1.165, 1.54) is 30.3 Å². The lowest BCUT2D eigenvalue weighted by atomic mass is 10.1. The van der Waals surface area contributed by atoms with Crippen LogP contribution in [0, 0.1) is 12.7 Å². The van der Waals surface area contributed by atoms with E-state index in [9.17, 15) is 17.6 Å². The van der Waals surface area contributed by atoms with Crippen molar-refractivity contribution in [1.82, 2.24) is 15.3 Å². The predicted molar refractivity (Wildman–Crippen MR) is 97.1 cm³/mol. The number of hydrogen-bond acceptors (Lipinski definition) is 6. The van der Waals surface area contributed by atoms with Crippen molar-refractivity contribution < 1.29 is 31.3 Å². The summed E-state index contributed by atoms with van der Waals surface area (Å²) in [5, 5.41) is 7.80. The number of aromatic nitrogens is 3. The molecular weight excluding hydrogens is 430 g/mol. The van der Waals surface area contributed by atoms with Gasteiger partial charge in [-0.25, -0.2) is 4.39 Å². The van der Waals surface area contributed by atoms with E-state index in [1.54, 1.807) is 6.92 Å². The molecule has 0 saturated carbocycles. The highest BCUT2D eigenvalue weighted by Gasteiger charge is 2.31. The Bertz CT molecular complexity index is 1180. The third-order valence-electron chi connectivity index (χ3n) is 4.05. The maximum Gasteiger partial charge on any atom is 0.573 e. The molecule has 4 rings (SSSR count). The number of hydrogen-bond donors (Lipinski definition) is 0. The van der Waals surface area contributed by atoms with E-state index in [1.807, 2.05) is 0 Å². The van der Waals surface area contributed by atoms with Crippen molar-refractivity contribution in [3.63, 3.8) is 0 Å². The van der Waals surface area contributed by atoms with Crippen LogP contribution in [0.1, 0.15) is 5.76 Å². The van der Waals surface area contributed by atoms with E-state index < -0.39 is 12.2 Å². The number of alkyl halides is 3. The minimum atomic E-state index is -4.79. The number of nitrogens with zero attached hydrogens (tertiary/aromatic N) is 3. The average Bonchev–Trinajstić information content (AvgIpc) is 3.28. The molecule has 30 heavy (non-hydrogen) atoms. The summed E-state index contributed by atoms with van der Waals surface area (Å²) in [7, 11) is 0. The summed E-state index contributed by atoms with van der Waals surface area (Å²) in [5.41, 5.74) is 0.719. The average molecular weight is 440 g/mol. The van der Waals surface area contributed by atoms with E-state index in [0.29, 0.717) is 5.56 Å². The Morgan fingerprint density at radius 2 is 1.70 bits per heavy atom. The molecule has 0 aliphatic carbocycles. The van der Waals surface area contributed by atoms with Crippen LogP contribution in [-0.4, -0.2) is 21.7 Å². The van der Waals surface area contributed by atoms with Crippen molar-refractivity contribution >= 4 is 11.6 Å². The smallest absolute Gasteiger partial charge is 0.406 e. The van der Waals surface area contributed by atoms with Gasteiger partial charge in [0.15, 0.2) is 0 Å². The van der Waals surface area contributed by atoms with Gasteiger partial charge in [-0.1, -0.05) is 28.0 Å². The fraction of sp³-hybridized carbons (Fsp3) is 0.105. The first-order valence-corrected chi connectivity index (χ1v) is 8.71. The molecule has 11 heteroatoms. The van der Waals surface area contributed by atoms with E-state index in [2.05, 4.69) is 20.0 Å². The summed E-state index contributed by atoms with van der Waals surface area (Å²) >= 11 is 6.11. The van der Waals surface area contributed by atoms with Crippen molar-refractivity contribution in [1.29, 1.82) is 0 Å². The standard InChI is InChI=1S/C19H10ClF4N3O3/c1-9-14(16(26-29-9)15-12(20)3-2-4-13(15)21)18-25-17(27-30-18)10-5-7-11(8-6-10)28-19(22,23)24/h2-8H,1H3. The van der Waals surface area contributed by atoms with Crippen LogP contribution in [0.5, 0.6) is 5.75 Å². The molecule has 0 spiro atoms. The molecule has 154 valence electrons. The van der Waals surface area contributed by atoms with Crippen LogP contribution in [0.25, 0.3) is 34.1 Å². The number of ether oxygens (including phenoxy) is 1. The number of rotatable bonds is 4. The van der Waals surface area contributed by atoms with Crippen molar-refractivity contribution in [3.05, 3.63) is 59.1 Å². The third-order valence-corrected chi connectivity index (χ3v) is 4.36. The first-order chi connectivity index (χ1) is 14.2. The zero-order chi connectivity index (χ0) is 21.5. The molecule has 0 radical (unpaired) electrons. The Morgan fingerprint density at radius 3 is 2.37 bits per heavy atom. The minimum absolute atomic E-state index is 0.0134. The zero-order valence-corrected chi connectivity index (χ0v) is 15.8. The van der Waals surface area contributed by atoms with Crippen LogP contribution >= 0.6 is 11.6 Å². The van der Waals surface area contributed by atoms with Crippen LogP contribution < -0.4 is 4.74 Å². The van der Waals surface area contributed by atoms with E-state index in [0.717, 1.165) is 12.1 Å². The largest absolute Gasteiger partial charge is 0.573 e. The summed E-state index contributed by atoms with van der Waals surface area (Å²) in [6.07, 6.45) is -4.79. The lowest BCUT2D eigenvalue weighted by molar-refractivity contribution is -0.274. The van der Waals surface area contributed by atoms with Gasteiger partial charge in [0.2, 0.25) is 5.82 Å². The SMILES string of the molecule is Cc1onc(-c2c(F)cccc2Cl)c1-c1nc(-c2ccc(OC(F)(F)F)cc2)no1. The van der Waals surface area contributed by atoms with Gasteiger partial charge in [-0.2, -0.15) is 4.98 Å². The first-order valence-electron chi connectivity index (χ1n) is 8.34. The molecule has 0 fully saturated rings. The highest BCUT2D eigenvalue weighted by atomic mass is 35.5. The van der Waals surface area contributed by atoms with Gasteiger partial charge in [0, 0.05) is 5.56 Å². The minimum Gasteiger partial charge on any atom is -0.406 e. The van der Waals surface area contributed by atoms with E-state index >= 15 is 0 Å². The lowest BCUT2D eigenvalue weighted by Gasteiger charge is -2.08. The highest BCUT2D eigenvalue weighted by molar-refractivity contribution is 6.33. The van der Waals surface area contributed by atoms with Crippen molar-refractivity contribution in [3.8, 4) is 39.8 Å². The van der Waals surface area contributed by atoms with Crippen LogP contribution in [0.15, 0.2) is 51.5 Å². The quantitative estimate of drug-likeness (QED) is 0.360. The predicted octanol–water partition coefficient (Wildman–Crippen LogP) is 6.06. The normalized spacial score (nSPS) is 11.7. The fourth-order valence-electron chi connectivity index (χ4n) is 2.77. The summed E-state index contributed by atoms with van der Waals surface area (Å²) < 4.78 is 65.4. The summed E-state index contributed by atoms with van der Waals surface area (Å²) in [6, 6.07) is 9.08. The first kappa shape index (κ1) is 19.9. The van der Waals surface area contributed by atoms with Gasteiger partial charge in [-0.05, 0) is 43.3 Å². The molecule has 0 bridgehead atoms. The molecule has 0 atom stereocenters. The monoisotopic (exact) mass is 439 g/mol. The van der Waals surface area contributed by atoms with Crippen LogP contribution in [-0.2, 0) is 0 Å². The summed E-state index contributed by atoms with van der Waals surface area (Å²) in [6.45, 7) is 1.58. The Kier molecular flexibility index (Phi) is 4.94. The molecular formula is C19H10ClF4N3O3. The maximum atomic E-state index is 14.3. The van der Waals surface area contributed by atoms with Gasteiger partial charge in [0.05, 0.1) is 10.6 Å². The topological polar surface area (TPSA) is 74.2 Å². The van der Waals surface area contributed by atoms with Crippen LogP contribution in [0.3, 0.4) is 0 Å². The molecule has 0 saturated heterocycles. The van der Waals surface area contributed by atoms with Crippen molar-refractivity contribution in [2.75, 3.05) is 0 Å². The highest BCUT2D eigenvalue weighted by Crippen LogP contribution is 2.38. The molecule has 0 aliphatic rings. The number of halogens is 5. The van der Waals surface area contributed by atoms with E-state index in [4.69, 9.17) is 20.6 Å². The second-order valence-electron chi connectivity index (χ2n) is 6.05. The lowest BCUT2D eigenvalue weighted by Crippen LogP contribution is -2.16. The third kappa shape index (κ3) is 3.86. The summed E-state index contributed by atoms with van der Waals surface area (Å²) in [5.74, 6) is -0.643. The fourth-order valence-corrected chi connectivity index (χ4v) is 3.02. The Hall–Kier alpha value is -3.40. The van der Waals surface area contributed by atoms with Gasteiger partial charge in [-0.15, -0.1) is 13.2 Å². The van der Waals surface area contributed by atoms with Crippen molar-refractivity contribution in [2.45, 2.75) is 13.3 Å². The number of benzene rings is 2. The second kappa shape index (κ2) is 7.45. The zero-order valence-electron chi connectivity index (χ0n) is 15.0. The van der Waals surface area contributed by atoms with Gasteiger partial charge in [0.25, 0.3) is 5.89 Å². The molecule has 0 N–H and O–H groups in total. The molecule has 0 unspecified atom stereocenters. The van der Waals surface area contributed by atoms with Gasteiger partial charge < -0.3 is 13.8 Å². The second-order valence-corrected chi connectivity index (χ2v) is 6.46. The number of aryl methyl sites for hydroxylation is 1. The maximum absolute atomic E-state index is 14.3. The molecule has 2 aromatic carbocycles. The Morgan fingerprint density at radius 1 is 0.967 bits per heavy atom. The molecule has 2 aromatic heterocycles. The van der Waals surface area contributed by atoms with Crippen LogP contribution in [0.4, 0.5) is 17.6 Å². The molecule has 2 heterocycles. The van der Waals surface area contributed by atoms with Crippen LogP contribution in [0.2, 0.25) is 5.02 Å². The van der Waals surface area contributed by atoms with Gasteiger partial charge in [0.1, 0.15) is 28.6 Å².